The highest BCUT2D eigenvalue weighted by molar-refractivity contribution is 9.10. The lowest BCUT2D eigenvalue weighted by atomic mass is 10.1. The Balaban J connectivity index is 2.21. The van der Waals surface area contributed by atoms with Gasteiger partial charge < -0.3 is 4.57 Å². The van der Waals surface area contributed by atoms with Gasteiger partial charge in [0.05, 0.1) is 15.7 Å². The fourth-order valence-electron chi connectivity index (χ4n) is 2.95. The number of rotatable bonds is 4. The van der Waals surface area contributed by atoms with E-state index in [9.17, 15) is 4.79 Å². The summed E-state index contributed by atoms with van der Waals surface area (Å²) in [6.45, 7) is 4.37. The van der Waals surface area contributed by atoms with Crippen LogP contribution in [-0.2, 0) is 6.54 Å². The summed E-state index contributed by atoms with van der Waals surface area (Å²) in [5.41, 5.74) is 5.13. The maximum atomic E-state index is 12.1. The van der Waals surface area contributed by atoms with Gasteiger partial charge in [-0.3, -0.25) is 4.79 Å². The average molecular weight is 368 g/mol. The third-order valence-electron chi connectivity index (χ3n) is 4.05. The van der Waals surface area contributed by atoms with Crippen molar-refractivity contribution in [1.82, 2.24) is 4.57 Å². The van der Waals surface area contributed by atoms with Crippen LogP contribution in [0.3, 0.4) is 0 Å². The first-order valence-electron chi connectivity index (χ1n) is 7.58. The number of carbonyl (C=O) groups is 1. The minimum atomic E-state index is 0.0818. The number of hydrogen-bond donors (Lipinski definition) is 0. The Morgan fingerprint density at radius 3 is 2.13 bits per heavy atom. The molecule has 0 N–H and O–H groups in total. The molecule has 0 saturated heterocycles. The van der Waals surface area contributed by atoms with Gasteiger partial charge in [0.25, 0.3) is 0 Å². The molecule has 0 aliphatic carbocycles. The lowest BCUT2D eigenvalue weighted by molar-refractivity contribution is 0.101. The van der Waals surface area contributed by atoms with Gasteiger partial charge in [-0.05, 0) is 40.9 Å². The first-order chi connectivity index (χ1) is 11.1. The molecule has 0 aliphatic rings. The summed E-state index contributed by atoms with van der Waals surface area (Å²) in [5.74, 6) is 0.0818. The van der Waals surface area contributed by atoms with Crippen molar-refractivity contribution >= 4 is 21.7 Å². The Kier molecular flexibility index (Phi) is 4.49. The van der Waals surface area contributed by atoms with Gasteiger partial charge in [-0.2, -0.15) is 0 Å². The van der Waals surface area contributed by atoms with Crippen LogP contribution < -0.4 is 0 Å². The molecule has 3 rings (SSSR count). The highest BCUT2D eigenvalue weighted by atomic mass is 79.9. The van der Waals surface area contributed by atoms with E-state index in [1.54, 1.807) is 6.92 Å². The van der Waals surface area contributed by atoms with Crippen LogP contribution in [0.1, 0.15) is 28.5 Å². The maximum absolute atomic E-state index is 12.1. The molecule has 23 heavy (non-hydrogen) atoms. The van der Waals surface area contributed by atoms with Gasteiger partial charge in [0.2, 0.25) is 0 Å². The van der Waals surface area contributed by atoms with E-state index in [4.69, 9.17) is 0 Å². The molecule has 0 spiro atoms. The van der Waals surface area contributed by atoms with Crippen LogP contribution in [0.4, 0.5) is 0 Å². The predicted octanol–water partition coefficient (Wildman–Crippen LogP) is 5.48. The van der Waals surface area contributed by atoms with Crippen molar-refractivity contribution in [2.45, 2.75) is 20.4 Å². The summed E-state index contributed by atoms with van der Waals surface area (Å²) in [5, 5.41) is 0. The zero-order valence-corrected chi connectivity index (χ0v) is 14.8. The second-order valence-corrected chi connectivity index (χ2v) is 6.41. The van der Waals surface area contributed by atoms with Gasteiger partial charge in [0, 0.05) is 12.2 Å². The second kappa shape index (κ2) is 6.55. The van der Waals surface area contributed by atoms with Crippen molar-refractivity contribution in [2.24, 2.45) is 0 Å². The van der Waals surface area contributed by atoms with Crippen LogP contribution in [0.2, 0.25) is 0 Å². The number of halogens is 1. The van der Waals surface area contributed by atoms with Gasteiger partial charge in [0.15, 0.2) is 5.78 Å². The minimum absolute atomic E-state index is 0.0818. The molecular weight excluding hydrogens is 350 g/mol. The van der Waals surface area contributed by atoms with Gasteiger partial charge in [-0.1, -0.05) is 60.7 Å². The highest BCUT2D eigenvalue weighted by Gasteiger charge is 2.22. The van der Waals surface area contributed by atoms with E-state index in [0.717, 1.165) is 33.5 Å². The Bertz CT molecular complexity index is 835. The molecule has 0 saturated carbocycles. The monoisotopic (exact) mass is 367 g/mol. The summed E-state index contributed by atoms with van der Waals surface area (Å²) in [6, 6.07) is 20.5. The first-order valence-corrected chi connectivity index (χ1v) is 8.37. The van der Waals surface area contributed by atoms with Crippen molar-refractivity contribution in [3.05, 3.63) is 82.0 Å². The van der Waals surface area contributed by atoms with Crippen molar-refractivity contribution in [1.29, 1.82) is 0 Å². The van der Waals surface area contributed by atoms with Gasteiger partial charge >= 0.3 is 0 Å². The van der Waals surface area contributed by atoms with Crippen molar-refractivity contribution < 1.29 is 4.79 Å². The first kappa shape index (κ1) is 15.8. The van der Waals surface area contributed by atoms with E-state index >= 15 is 0 Å². The van der Waals surface area contributed by atoms with Crippen LogP contribution in [0.25, 0.3) is 11.3 Å². The SMILES string of the molecule is CC(=O)c1c(Br)c(-c2ccccc2)n(Cc2ccccc2)c1C. The molecule has 2 aromatic carbocycles. The third-order valence-corrected chi connectivity index (χ3v) is 4.82. The molecule has 116 valence electrons. The maximum Gasteiger partial charge on any atom is 0.162 e. The molecular formula is C20H18BrNO. The summed E-state index contributed by atoms with van der Waals surface area (Å²) in [6.07, 6.45) is 0. The van der Waals surface area contributed by atoms with Crippen molar-refractivity contribution in [2.75, 3.05) is 0 Å². The number of benzene rings is 2. The van der Waals surface area contributed by atoms with Crippen LogP contribution in [0.15, 0.2) is 65.1 Å². The van der Waals surface area contributed by atoms with Crippen molar-refractivity contribution in [3.63, 3.8) is 0 Å². The number of hydrogen-bond acceptors (Lipinski definition) is 1. The summed E-state index contributed by atoms with van der Waals surface area (Å²) in [4.78, 5) is 12.1. The Morgan fingerprint density at radius 2 is 1.57 bits per heavy atom. The molecule has 0 fully saturated rings. The number of carbonyl (C=O) groups excluding carboxylic acids is 1. The zero-order chi connectivity index (χ0) is 16.4. The van der Waals surface area contributed by atoms with Crippen molar-refractivity contribution in [3.8, 4) is 11.3 Å². The summed E-state index contributed by atoms with van der Waals surface area (Å²) >= 11 is 3.66. The van der Waals surface area contributed by atoms with E-state index in [0.29, 0.717) is 0 Å². The summed E-state index contributed by atoms with van der Waals surface area (Å²) in [7, 11) is 0. The Hall–Kier alpha value is -2.13. The second-order valence-electron chi connectivity index (χ2n) is 5.62. The Labute approximate surface area is 144 Å². The summed E-state index contributed by atoms with van der Waals surface area (Å²) < 4.78 is 3.09. The molecule has 0 unspecified atom stereocenters. The molecule has 1 heterocycles. The number of nitrogens with zero attached hydrogens (tertiary/aromatic N) is 1. The normalized spacial score (nSPS) is 10.7. The van der Waals surface area contributed by atoms with Crippen LogP contribution >= 0.6 is 15.9 Å². The fraction of sp³-hybridized carbons (Fsp3) is 0.150. The molecule has 2 nitrogen and oxygen atoms in total. The fourth-order valence-corrected chi connectivity index (χ4v) is 3.96. The standard InChI is InChI=1S/C20H18BrNO/c1-14-18(15(2)23)19(21)20(17-11-7-4-8-12-17)22(14)13-16-9-5-3-6-10-16/h3-12H,13H2,1-2H3. The number of aromatic nitrogens is 1. The van der Waals surface area contributed by atoms with E-state index in [1.165, 1.54) is 5.56 Å². The van der Waals surface area contributed by atoms with E-state index < -0.39 is 0 Å². The molecule has 0 aliphatic heterocycles. The average Bonchev–Trinajstić information content (AvgIpc) is 2.80. The molecule has 0 amide bonds. The van der Waals surface area contributed by atoms with Gasteiger partial charge in [0.1, 0.15) is 0 Å². The van der Waals surface area contributed by atoms with Crippen LogP contribution in [0, 0.1) is 6.92 Å². The Morgan fingerprint density at radius 1 is 1.00 bits per heavy atom. The number of ketones is 1. The zero-order valence-electron chi connectivity index (χ0n) is 13.2. The van der Waals surface area contributed by atoms with Gasteiger partial charge in [-0.25, -0.2) is 0 Å². The van der Waals surface area contributed by atoms with Crippen LogP contribution in [0.5, 0.6) is 0 Å². The molecule has 0 radical (unpaired) electrons. The van der Waals surface area contributed by atoms with Gasteiger partial charge in [-0.15, -0.1) is 0 Å². The molecule has 3 aromatic rings. The predicted molar refractivity (Wildman–Crippen MR) is 97.9 cm³/mol. The quantitative estimate of drug-likeness (QED) is 0.559. The van der Waals surface area contributed by atoms with E-state index in [2.05, 4.69) is 44.8 Å². The van der Waals surface area contributed by atoms with E-state index in [-0.39, 0.29) is 5.78 Å². The molecule has 0 atom stereocenters. The largest absolute Gasteiger partial charge is 0.339 e. The highest BCUT2D eigenvalue weighted by Crippen LogP contribution is 2.36. The molecule has 0 bridgehead atoms. The smallest absolute Gasteiger partial charge is 0.162 e. The molecule has 1 aromatic heterocycles. The minimum Gasteiger partial charge on any atom is -0.339 e. The number of Topliss-reactive ketones (excluding diaryl/α,β-unsaturated/α-hetero) is 1. The molecule has 3 heteroatoms. The third kappa shape index (κ3) is 3.02. The van der Waals surface area contributed by atoms with E-state index in [1.807, 2.05) is 43.3 Å². The lowest BCUT2D eigenvalue weighted by Crippen LogP contribution is -2.05. The lowest BCUT2D eigenvalue weighted by Gasteiger charge is -2.12. The topological polar surface area (TPSA) is 22.0 Å². The van der Waals surface area contributed by atoms with Crippen LogP contribution in [-0.4, -0.2) is 10.4 Å².